The van der Waals surface area contributed by atoms with Crippen molar-refractivity contribution in [1.82, 2.24) is 24.4 Å². The molecule has 8 nitrogen and oxygen atoms in total. The summed E-state index contributed by atoms with van der Waals surface area (Å²) in [5.41, 5.74) is 0.889. The minimum Gasteiger partial charge on any atom is -0.367 e. The largest absolute Gasteiger partial charge is 0.367 e. The quantitative estimate of drug-likeness (QED) is 0.856. The average Bonchev–Trinajstić information content (AvgIpc) is 2.61. The molecule has 0 bridgehead atoms. The van der Waals surface area contributed by atoms with Crippen molar-refractivity contribution in [2.45, 2.75) is 25.4 Å². The van der Waals surface area contributed by atoms with Gasteiger partial charge in [-0.1, -0.05) is 0 Å². The Bertz CT molecular complexity index is 766. The van der Waals surface area contributed by atoms with Gasteiger partial charge in [0.1, 0.15) is 18.0 Å². The molecule has 0 aliphatic carbocycles. The van der Waals surface area contributed by atoms with Gasteiger partial charge >= 0.3 is 0 Å². The van der Waals surface area contributed by atoms with E-state index in [0.717, 1.165) is 49.8 Å². The minimum absolute atomic E-state index is 0.0606. The Labute approximate surface area is 147 Å². The molecule has 0 aromatic carbocycles. The van der Waals surface area contributed by atoms with E-state index >= 15 is 0 Å². The van der Waals surface area contributed by atoms with E-state index in [1.807, 2.05) is 25.1 Å². The van der Waals surface area contributed by atoms with E-state index in [2.05, 4.69) is 25.2 Å². The maximum absolute atomic E-state index is 11.7. The summed E-state index contributed by atoms with van der Waals surface area (Å²) < 4.78 is 1.67. The van der Waals surface area contributed by atoms with Crippen molar-refractivity contribution in [1.29, 1.82) is 0 Å². The van der Waals surface area contributed by atoms with Crippen LogP contribution in [-0.2, 0) is 13.6 Å². The van der Waals surface area contributed by atoms with Crippen LogP contribution in [0.1, 0.15) is 18.5 Å². The highest BCUT2D eigenvalue weighted by atomic mass is 16.1. The van der Waals surface area contributed by atoms with Crippen LogP contribution >= 0.6 is 0 Å². The molecule has 3 rings (SSSR count). The Morgan fingerprint density at radius 1 is 1.24 bits per heavy atom. The summed E-state index contributed by atoms with van der Waals surface area (Å²) in [6.45, 7) is 2.71. The van der Waals surface area contributed by atoms with Gasteiger partial charge in [0.15, 0.2) is 0 Å². The van der Waals surface area contributed by atoms with Gasteiger partial charge in [0.25, 0.3) is 5.56 Å². The molecule has 8 heteroatoms. The molecule has 0 saturated carbocycles. The molecule has 1 saturated heterocycles. The maximum atomic E-state index is 11.7. The number of anilines is 2. The molecule has 0 amide bonds. The van der Waals surface area contributed by atoms with Gasteiger partial charge in [-0.15, -0.1) is 0 Å². The van der Waals surface area contributed by atoms with Gasteiger partial charge in [0.2, 0.25) is 0 Å². The van der Waals surface area contributed by atoms with Crippen LogP contribution in [0, 0.1) is 0 Å². The van der Waals surface area contributed by atoms with Crippen LogP contribution in [0.25, 0.3) is 0 Å². The van der Waals surface area contributed by atoms with E-state index in [0.29, 0.717) is 6.04 Å². The lowest BCUT2D eigenvalue weighted by atomic mass is 10.0. The Hall–Kier alpha value is -2.48. The molecular formula is C17H25N7O. The molecular weight excluding hydrogens is 318 g/mol. The third kappa shape index (κ3) is 4.33. The number of aromatic nitrogens is 4. The fourth-order valence-corrected chi connectivity index (χ4v) is 2.99. The number of nitrogens with one attached hydrogen (secondary N) is 1. The molecule has 0 unspecified atom stereocenters. The van der Waals surface area contributed by atoms with Crippen LogP contribution in [0.3, 0.4) is 0 Å². The Morgan fingerprint density at radius 2 is 2.00 bits per heavy atom. The number of piperidine rings is 1. The van der Waals surface area contributed by atoms with E-state index in [1.54, 1.807) is 24.1 Å². The standard InChI is InChI=1S/C17H25N7O/c1-22(2)16-8-15(19-12-20-16)21-13-4-6-24(7-5-13)11-14-9-18-10-17(25)23(14)3/h8-10,12-13H,4-7,11H2,1-3H3,(H,19,20,21). The number of hydrogen-bond donors (Lipinski definition) is 1. The van der Waals surface area contributed by atoms with Gasteiger partial charge in [-0.2, -0.15) is 0 Å². The predicted octanol–water partition coefficient (Wildman–Crippen LogP) is 0.713. The van der Waals surface area contributed by atoms with Crippen molar-refractivity contribution in [2.75, 3.05) is 37.4 Å². The summed E-state index contributed by atoms with van der Waals surface area (Å²) in [5, 5.41) is 3.51. The zero-order valence-electron chi connectivity index (χ0n) is 15.0. The van der Waals surface area contributed by atoms with E-state index in [9.17, 15) is 4.79 Å². The molecule has 1 fully saturated rings. The topological polar surface area (TPSA) is 79.2 Å². The van der Waals surface area contributed by atoms with Crippen molar-refractivity contribution < 1.29 is 0 Å². The molecule has 2 aromatic heterocycles. The highest BCUT2D eigenvalue weighted by Crippen LogP contribution is 2.18. The van der Waals surface area contributed by atoms with E-state index in [1.165, 1.54) is 6.20 Å². The Balaban J connectivity index is 1.54. The maximum Gasteiger partial charge on any atom is 0.268 e. The monoisotopic (exact) mass is 343 g/mol. The second-order valence-corrected chi connectivity index (χ2v) is 6.65. The lowest BCUT2D eigenvalue weighted by Gasteiger charge is -2.32. The third-order valence-corrected chi connectivity index (χ3v) is 4.61. The molecule has 0 atom stereocenters. The number of likely N-dealkylation sites (tertiary alicyclic amines) is 1. The fraction of sp³-hybridized carbons (Fsp3) is 0.529. The minimum atomic E-state index is -0.0606. The summed E-state index contributed by atoms with van der Waals surface area (Å²) in [6, 6.07) is 2.37. The Morgan fingerprint density at radius 3 is 2.72 bits per heavy atom. The molecule has 2 aromatic rings. The zero-order valence-corrected chi connectivity index (χ0v) is 15.0. The van der Waals surface area contributed by atoms with Gasteiger partial charge in [0, 0.05) is 59.1 Å². The van der Waals surface area contributed by atoms with Gasteiger partial charge in [-0.25, -0.2) is 9.97 Å². The van der Waals surface area contributed by atoms with Crippen molar-refractivity contribution in [3.63, 3.8) is 0 Å². The second kappa shape index (κ2) is 7.60. The van der Waals surface area contributed by atoms with Gasteiger partial charge in [-0.3, -0.25) is 14.7 Å². The van der Waals surface area contributed by atoms with Crippen LogP contribution in [-0.4, -0.2) is 57.6 Å². The third-order valence-electron chi connectivity index (χ3n) is 4.61. The first-order valence-corrected chi connectivity index (χ1v) is 8.51. The number of rotatable bonds is 5. The van der Waals surface area contributed by atoms with Gasteiger partial charge in [0.05, 0.1) is 11.9 Å². The average molecular weight is 343 g/mol. The fourth-order valence-electron chi connectivity index (χ4n) is 2.99. The first-order valence-electron chi connectivity index (χ1n) is 8.51. The molecule has 0 spiro atoms. The summed E-state index contributed by atoms with van der Waals surface area (Å²) in [4.78, 5) is 28.6. The SMILES string of the molecule is CN(C)c1cc(NC2CCN(Cc3cncc(=O)n3C)CC2)ncn1. The first kappa shape index (κ1) is 17.3. The smallest absolute Gasteiger partial charge is 0.268 e. The summed E-state index contributed by atoms with van der Waals surface area (Å²) in [6.07, 6.45) is 6.79. The highest BCUT2D eigenvalue weighted by molar-refractivity contribution is 5.47. The summed E-state index contributed by atoms with van der Waals surface area (Å²) >= 11 is 0. The van der Waals surface area contributed by atoms with Crippen molar-refractivity contribution in [3.8, 4) is 0 Å². The first-order chi connectivity index (χ1) is 12.0. The predicted molar refractivity (Wildman–Crippen MR) is 97.8 cm³/mol. The van der Waals surface area contributed by atoms with E-state index in [4.69, 9.17) is 0 Å². The van der Waals surface area contributed by atoms with Gasteiger partial charge < -0.3 is 14.8 Å². The van der Waals surface area contributed by atoms with Crippen LogP contribution < -0.4 is 15.8 Å². The molecule has 0 radical (unpaired) electrons. The highest BCUT2D eigenvalue weighted by Gasteiger charge is 2.20. The molecule has 1 N–H and O–H groups in total. The molecule has 134 valence electrons. The van der Waals surface area contributed by atoms with Crippen molar-refractivity contribution >= 4 is 11.6 Å². The number of hydrogen-bond acceptors (Lipinski definition) is 7. The van der Waals surface area contributed by atoms with Crippen molar-refractivity contribution in [3.05, 3.63) is 40.8 Å². The molecule has 3 heterocycles. The Kier molecular flexibility index (Phi) is 5.28. The van der Waals surface area contributed by atoms with Gasteiger partial charge in [-0.05, 0) is 12.8 Å². The van der Waals surface area contributed by atoms with E-state index < -0.39 is 0 Å². The summed E-state index contributed by atoms with van der Waals surface area (Å²) in [5.74, 6) is 1.76. The van der Waals surface area contributed by atoms with Crippen LogP contribution in [0.4, 0.5) is 11.6 Å². The normalized spacial score (nSPS) is 16.0. The van der Waals surface area contributed by atoms with Crippen LogP contribution in [0.2, 0.25) is 0 Å². The molecule has 1 aliphatic rings. The lowest BCUT2D eigenvalue weighted by Crippen LogP contribution is -2.39. The molecule has 25 heavy (non-hydrogen) atoms. The van der Waals surface area contributed by atoms with Crippen LogP contribution in [0.5, 0.6) is 0 Å². The zero-order chi connectivity index (χ0) is 17.8. The second-order valence-electron chi connectivity index (χ2n) is 6.65. The van der Waals surface area contributed by atoms with Crippen LogP contribution in [0.15, 0.2) is 29.6 Å². The van der Waals surface area contributed by atoms with E-state index in [-0.39, 0.29) is 5.56 Å². The van der Waals surface area contributed by atoms with Crippen molar-refractivity contribution in [2.24, 2.45) is 7.05 Å². The summed E-state index contributed by atoms with van der Waals surface area (Å²) in [7, 11) is 5.73. The lowest BCUT2D eigenvalue weighted by molar-refractivity contribution is 0.206. The molecule has 1 aliphatic heterocycles. The number of nitrogens with zero attached hydrogens (tertiary/aromatic N) is 6.